The van der Waals surface area contributed by atoms with E-state index in [1.165, 1.54) is 55.0 Å². The Morgan fingerprint density at radius 1 is 0.576 bits per heavy atom. The van der Waals surface area contributed by atoms with Gasteiger partial charge in [0.1, 0.15) is 11.5 Å². The molecule has 350 valence electrons. The van der Waals surface area contributed by atoms with Gasteiger partial charge in [-0.3, -0.25) is 9.59 Å². The third kappa shape index (κ3) is 15.7. The van der Waals surface area contributed by atoms with Gasteiger partial charge in [0.25, 0.3) is 5.91 Å². The van der Waals surface area contributed by atoms with Crippen LogP contribution in [0.1, 0.15) is 165 Å². The number of amides is 1. The molecule has 0 bridgehead atoms. The number of aromatic carboxylic acids is 1. The van der Waals surface area contributed by atoms with E-state index in [0.29, 0.717) is 25.9 Å². The Hall–Kier alpha value is -6.29. The summed E-state index contributed by atoms with van der Waals surface area (Å²) in [6.07, 6.45) is 15.6. The summed E-state index contributed by atoms with van der Waals surface area (Å²) in [5.41, 5.74) is 17.5. The maximum absolute atomic E-state index is 13.8. The number of rotatable bonds is 27. The SMILES string of the molecule is CCCCCCc1ccc(N=Nc2ccc(OCCCCCCCCC(=O)Oc3cc(C(=O)O)cc(C(=O)Nc4c(CC)cc(Cc5cc(CC)c(N)c(CC)c5)cc4CC)c3)cc2)cc1. The molecule has 0 aromatic heterocycles. The number of hydrogen-bond donors (Lipinski definition) is 3. The molecule has 0 saturated heterocycles. The number of nitrogen functional groups attached to an aromatic ring is 1. The van der Waals surface area contributed by atoms with Crippen molar-refractivity contribution < 1.29 is 29.0 Å². The van der Waals surface area contributed by atoms with Gasteiger partial charge in [-0.05, 0) is 151 Å². The first-order valence-corrected chi connectivity index (χ1v) is 24.2. The van der Waals surface area contributed by atoms with Crippen molar-refractivity contribution in [2.75, 3.05) is 17.7 Å². The number of unbranched alkanes of at least 4 members (excludes halogenated alkanes) is 8. The van der Waals surface area contributed by atoms with Gasteiger partial charge < -0.3 is 25.6 Å². The first-order valence-electron chi connectivity index (χ1n) is 24.2. The van der Waals surface area contributed by atoms with E-state index in [4.69, 9.17) is 15.2 Å². The number of carboxylic acid groups (broad SMARTS) is 1. The molecular formula is C56H70N4O6. The second-order valence-electron chi connectivity index (χ2n) is 17.1. The normalized spacial score (nSPS) is 11.2. The summed E-state index contributed by atoms with van der Waals surface area (Å²) in [7, 11) is 0. The highest BCUT2D eigenvalue weighted by Crippen LogP contribution is 2.30. The van der Waals surface area contributed by atoms with Crippen LogP contribution in [0, 0.1) is 0 Å². The molecule has 66 heavy (non-hydrogen) atoms. The predicted octanol–water partition coefficient (Wildman–Crippen LogP) is 14.3. The van der Waals surface area contributed by atoms with Crippen LogP contribution in [-0.2, 0) is 43.3 Å². The lowest BCUT2D eigenvalue weighted by molar-refractivity contribution is -0.134. The Kier molecular flexibility index (Phi) is 20.4. The van der Waals surface area contributed by atoms with Gasteiger partial charge in [-0.1, -0.05) is 116 Å². The van der Waals surface area contributed by atoms with E-state index in [1.807, 2.05) is 50.2 Å². The molecule has 0 unspecified atom stereocenters. The van der Waals surface area contributed by atoms with Gasteiger partial charge in [0, 0.05) is 23.4 Å². The van der Waals surface area contributed by atoms with E-state index < -0.39 is 17.8 Å². The molecular weight excluding hydrogens is 825 g/mol. The lowest BCUT2D eigenvalue weighted by atomic mass is 9.92. The first kappa shape index (κ1) is 50.7. The smallest absolute Gasteiger partial charge is 0.335 e. The quantitative estimate of drug-likeness (QED) is 0.0156. The number of carbonyl (C=O) groups is 3. The Bertz CT molecular complexity index is 2340. The van der Waals surface area contributed by atoms with Crippen LogP contribution in [0.4, 0.5) is 22.7 Å². The van der Waals surface area contributed by atoms with Crippen LogP contribution < -0.4 is 20.5 Å². The summed E-state index contributed by atoms with van der Waals surface area (Å²) < 4.78 is 11.5. The van der Waals surface area contributed by atoms with E-state index in [1.54, 1.807) is 0 Å². The zero-order valence-corrected chi connectivity index (χ0v) is 39.8. The van der Waals surface area contributed by atoms with E-state index in [0.717, 1.165) is 114 Å². The minimum absolute atomic E-state index is 0.0289. The highest BCUT2D eigenvalue weighted by molar-refractivity contribution is 6.07. The fraction of sp³-hybridized carbons (Fsp3) is 0.411. The maximum atomic E-state index is 13.8. The van der Waals surface area contributed by atoms with Gasteiger partial charge in [0.2, 0.25) is 0 Å². The maximum Gasteiger partial charge on any atom is 0.335 e. The number of nitrogens with two attached hydrogens (primary N) is 1. The largest absolute Gasteiger partial charge is 0.494 e. The lowest BCUT2D eigenvalue weighted by Gasteiger charge is -2.18. The van der Waals surface area contributed by atoms with Crippen LogP contribution in [0.3, 0.4) is 0 Å². The third-order valence-corrected chi connectivity index (χ3v) is 12.0. The van der Waals surface area contributed by atoms with Crippen molar-refractivity contribution in [3.63, 3.8) is 0 Å². The molecule has 5 aromatic rings. The number of hydrogen-bond acceptors (Lipinski definition) is 8. The molecule has 1 amide bonds. The van der Waals surface area contributed by atoms with Crippen molar-refractivity contribution in [3.8, 4) is 11.5 Å². The molecule has 0 saturated carbocycles. The van der Waals surface area contributed by atoms with Crippen molar-refractivity contribution in [1.82, 2.24) is 0 Å². The van der Waals surface area contributed by atoms with Crippen LogP contribution in [0.5, 0.6) is 11.5 Å². The van der Waals surface area contributed by atoms with Crippen molar-refractivity contribution in [2.45, 2.75) is 144 Å². The molecule has 0 aliphatic rings. The van der Waals surface area contributed by atoms with E-state index in [-0.39, 0.29) is 23.3 Å². The number of anilines is 2. The molecule has 0 radical (unpaired) electrons. The second-order valence-corrected chi connectivity index (χ2v) is 17.1. The summed E-state index contributed by atoms with van der Waals surface area (Å²) in [5, 5.41) is 21.7. The predicted molar refractivity (Wildman–Crippen MR) is 267 cm³/mol. The van der Waals surface area contributed by atoms with Crippen LogP contribution >= 0.6 is 0 Å². The van der Waals surface area contributed by atoms with Crippen molar-refractivity contribution >= 4 is 40.6 Å². The van der Waals surface area contributed by atoms with Crippen LogP contribution in [0.25, 0.3) is 0 Å². The standard InChI is InChI=1S/C56H70N4O6/c1-6-11-12-17-20-39-22-24-48(25-23-39)59-60-49-26-28-50(29-27-49)65-30-19-16-14-13-15-18-21-52(61)66-51-37-46(36-47(38-51)56(63)64)55(62)58-54-44(9-4)34-41(35-45(54)10-5)31-40-32-42(7-2)53(57)43(8-3)33-40/h22-29,32-38H,6-21,30-31,57H2,1-5H3,(H,58,62)(H,63,64). The molecule has 5 aromatic carbocycles. The first-order chi connectivity index (χ1) is 32.0. The molecule has 4 N–H and O–H groups in total. The molecule has 10 nitrogen and oxygen atoms in total. The average molecular weight is 895 g/mol. The number of benzene rings is 5. The summed E-state index contributed by atoms with van der Waals surface area (Å²) in [6, 6.07) is 28.6. The molecule has 5 rings (SSSR count). The number of carbonyl (C=O) groups excluding carboxylic acids is 2. The monoisotopic (exact) mass is 895 g/mol. The zero-order chi connectivity index (χ0) is 47.3. The Morgan fingerprint density at radius 3 is 1.68 bits per heavy atom. The Balaban J connectivity index is 1.04. The summed E-state index contributed by atoms with van der Waals surface area (Å²) in [5.74, 6) is -1.34. The molecule has 0 spiro atoms. The lowest BCUT2D eigenvalue weighted by Crippen LogP contribution is -2.17. The van der Waals surface area contributed by atoms with Gasteiger partial charge in [0.05, 0.1) is 23.5 Å². The molecule has 0 fully saturated rings. The van der Waals surface area contributed by atoms with Gasteiger partial charge in [-0.2, -0.15) is 10.2 Å². The number of nitrogens with one attached hydrogen (secondary N) is 1. The summed E-state index contributed by atoms with van der Waals surface area (Å²) in [6.45, 7) is 11.2. The minimum atomic E-state index is -1.22. The second kappa shape index (κ2) is 26.6. The average Bonchev–Trinajstić information content (AvgIpc) is 3.32. The Morgan fingerprint density at radius 2 is 1.11 bits per heavy atom. The van der Waals surface area contributed by atoms with Crippen LogP contribution in [0.2, 0.25) is 0 Å². The van der Waals surface area contributed by atoms with Gasteiger partial charge in [-0.15, -0.1) is 0 Å². The van der Waals surface area contributed by atoms with Crippen molar-refractivity contribution in [3.05, 3.63) is 141 Å². The highest BCUT2D eigenvalue weighted by Gasteiger charge is 2.19. The Labute approximate surface area is 392 Å². The number of carboxylic acids is 1. The molecule has 0 aliphatic carbocycles. The topological polar surface area (TPSA) is 153 Å². The molecule has 0 atom stereocenters. The number of esters is 1. The molecule has 0 aliphatic heterocycles. The van der Waals surface area contributed by atoms with Gasteiger partial charge >= 0.3 is 11.9 Å². The minimum Gasteiger partial charge on any atom is -0.494 e. The van der Waals surface area contributed by atoms with Gasteiger partial charge in [0.15, 0.2) is 0 Å². The number of nitrogens with zero attached hydrogens (tertiary/aromatic N) is 2. The number of azo groups is 1. The van der Waals surface area contributed by atoms with E-state index >= 15 is 0 Å². The summed E-state index contributed by atoms with van der Waals surface area (Å²) >= 11 is 0. The number of aryl methyl sites for hydroxylation is 5. The van der Waals surface area contributed by atoms with Crippen LogP contribution in [-0.4, -0.2) is 29.6 Å². The fourth-order valence-electron chi connectivity index (χ4n) is 8.19. The summed E-state index contributed by atoms with van der Waals surface area (Å²) in [4.78, 5) is 38.7. The van der Waals surface area contributed by atoms with Crippen molar-refractivity contribution in [2.24, 2.45) is 10.2 Å². The molecule has 10 heteroatoms. The third-order valence-electron chi connectivity index (χ3n) is 12.0. The number of ether oxygens (including phenoxy) is 2. The van der Waals surface area contributed by atoms with E-state index in [2.05, 4.69) is 72.7 Å². The van der Waals surface area contributed by atoms with Crippen molar-refractivity contribution in [1.29, 1.82) is 0 Å². The molecule has 0 heterocycles. The van der Waals surface area contributed by atoms with Crippen LogP contribution in [0.15, 0.2) is 101 Å². The fourth-order valence-corrected chi connectivity index (χ4v) is 8.19. The highest BCUT2D eigenvalue weighted by atomic mass is 16.5. The van der Waals surface area contributed by atoms with Gasteiger partial charge in [-0.25, -0.2) is 4.79 Å². The van der Waals surface area contributed by atoms with E-state index in [9.17, 15) is 19.5 Å². The zero-order valence-electron chi connectivity index (χ0n) is 39.8.